The first-order valence-corrected chi connectivity index (χ1v) is 13.5. The maximum atomic E-state index is 6.60. The van der Waals surface area contributed by atoms with Gasteiger partial charge in [0.15, 0.2) is 0 Å². The highest BCUT2D eigenvalue weighted by Gasteiger charge is 2.39. The van der Waals surface area contributed by atoms with E-state index in [9.17, 15) is 0 Å². The molecule has 0 bridgehead atoms. The van der Waals surface area contributed by atoms with Gasteiger partial charge in [0.05, 0.1) is 5.69 Å². The highest BCUT2D eigenvalue weighted by molar-refractivity contribution is 6.74. The normalized spacial score (nSPS) is 12.9. The Balaban J connectivity index is 2.55. The van der Waals surface area contributed by atoms with Crippen LogP contribution in [0.2, 0.25) is 18.1 Å². The summed E-state index contributed by atoms with van der Waals surface area (Å²) in [6.45, 7) is 15.9. The van der Waals surface area contributed by atoms with E-state index >= 15 is 0 Å². The van der Waals surface area contributed by atoms with Gasteiger partial charge in [-0.05, 0) is 66.4 Å². The molecule has 0 saturated heterocycles. The molecule has 0 saturated carbocycles. The number of hydrogen-bond donors (Lipinski definition) is 0. The van der Waals surface area contributed by atoms with Gasteiger partial charge in [-0.3, -0.25) is 4.98 Å². The molecular formula is C25H37NOSi. The van der Waals surface area contributed by atoms with E-state index in [-0.39, 0.29) is 5.04 Å². The van der Waals surface area contributed by atoms with Crippen molar-refractivity contribution in [1.82, 2.24) is 4.98 Å². The summed E-state index contributed by atoms with van der Waals surface area (Å²) >= 11 is 0. The molecule has 1 aromatic carbocycles. The molecule has 0 radical (unpaired) electrons. The van der Waals surface area contributed by atoms with Crippen LogP contribution in [0.5, 0.6) is 5.75 Å². The number of aromatic nitrogens is 1. The Bertz CT molecular complexity index is 788. The molecule has 0 amide bonds. The van der Waals surface area contributed by atoms with Crippen LogP contribution in [0.4, 0.5) is 0 Å². The van der Waals surface area contributed by atoms with E-state index < -0.39 is 8.32 Å². The summed E-state index contributed by atoms with van der Waals surface area (Å²) in [4.78, 5) is 4.65. The minimum absolute atomic E-state index is 0.172. The van der Waals surface area contributed by atoms with Crippen LogP contribution in [0.15, 0.2) is 48.7 Å². The van der Waals surface area contributed by atoms with Gasteiger partial charge in [0, 0.05) is 11.8 Å². The number of allylic oxidation sites excluding steroid dienone is 2. The summed E-state index contributed by atoms with van der Waals surface area (Å²) in [5, 5.41) is 0.172. The SMILES string of the molecule is CCC/C=C(\CCC)c1ccc(O[Si](C)(C)C(C)(C)C)cc1-c1ccccn1. The fourth-order valence-corrected chi connectivity index (χ4v) is 4.01. The van der Waals surface area contributed by atoms with Crippen LogP contribution in [0.1, 0.15) is 65.9 Å². The second-order valence-corrected chi connectivity index (χ2v) is 13.8. The summed E-state index contributed by atoms with van der Waals surface area (Å²) in [6.07, 6.45) is 8.77. The quantitative estimate of drug-likeness (QED) is 0.421. The van der Waals surface area contributed by atoms with Crippen molar-refractivity contribution < 1.29 is 4.43 Å². The Morgan fingerprint density at radius 3 is 2.39 bits per heavy atom. The third-order valence-corrected chi connectivity index (χ3v) is 10.0. The molecule has 0 fully saturated rings. The molecule has 0 aliphatic rings. The summed E-state index contributed by atoms with van der Waals surface area (Å²) < 4.78 is 6.60. The number of rotatable bonds is 8. The highest BCUT2D eigenvalue weighted by atomic mass is 28.4. The Morgan fingerprint density at radius 1 is 1.07 bits per heavy atom. The van der Waals surface area contributed by atoms with Gasteiger partial charge < -0.3 is 4.43 Å². The fraction of sp³-hybridized carbons (Fsp3) is 0.480. The van der Waals surface area contributed by atoms with Crippen molar-refractivity contribution in [1.29, 1.82) is 0 Å². The molecule has 0 unspecified atom stereocenters. The molecule has 2 rings (SSSR count). The molecular weight excluding hydrogens is 358 g/mol. The van der Waals surface area contributed by atoms with Crippen LogP contribution < -0.4 is 4.43 Å². The van der Waals surface area contributed by atoms with Crippen LogP contribution in [0.3, 0.4) is 0 Å². The zero-order valence-corrected chi connectivity index (χ0v) is 19.8. The third kappa shape index (κ3) is 5.57. The predicted molar refractivity (Wildman–Crippen MR) is 125 cm³/mol. The monoisotopic (exact) mass is 395 g/mol. The van der Waals surface area contributed by atoms with Crippen molar-refractivity contribution in [3.8, 4) is 17.0 Å². The fourth-order valence-electron chi connectivity index (χ4n) is 2.98. The molecule has 0 aliphatic heterocycles. The first-order chi connectivity index (χ1) is 13.2. The molecule has 0 aliphatic carbocycles. The van der Waals surface area contributed by atoms with Crippen molar-refractivity contribution in [2.75, 3.05) is 0 Å². The molecule has 0 spiro atoms. The lowest BCUT2D eigenvalue weighted by Gasteiger charge is -2.36. The van der Waals surface area contributed by atoms with Crippen LogP contribution >= 0.6 is 0 Å². The molecule has 1 heterocycles. The lowest BCUT2D eigenvalue weighted by atomic mass is 9.93. The number of pyridine rings is 1. The average molecular weight is 396 g/mol. The van der Waals surface area contributed by atoms with Gasteiger partial charge in [-0.2, -0.15) is 0 Å². The molecule has 0 N–H and O–H groups in total. The first kappa shape index (κ1) is 22.4. The molecule has 2 nitrogen and oxygen atoms in total. The van der Waals surface area contributed by atoms with Crippen LogP contribution in [-0.4, -0.2) is 13.3 Å². The van der Waals surface area contributed by atoms with Crippen LogP contribution in [0, 0.1) is 0 Å². The smallest absolute Gasteiger partial charge is 0.250 e. The Morgan fingerprint density at radius 2 is 1.82 bits per heavy atom. The highest BCUT2D eigenvalue weighted by Crippen LogP contribution is 2.39. The van der Waals surface area contributed by atoms with Gasteiger partial charge in [-0.1, -0.05) is 65.7 Å². The van der Waals surface area contributed by atoms with Crippen molar-refractivity contribution in [2.24, 2.45) is 0 Å². The van der Waals surface area contributed by atoms with Crippen molar-refractivity contribution in [3.05, 3.63) is 54.2 Å². The second-order valence-electron chi connectivity index (χ2n) is 9.05. The van der Waals surface area contributed by atoms with Crippen molar-refractivity contribution in [3.63, 3.8) is 0 Å². The molecule has 1 aromatic heterocycles. The van der Waals surface area contributed by atoms with Crippen LogP contribution in [0.25, 0.3) is 16.8 Å². The van der Waals surface area contributed by atoms with Crippen molar-refractivity contribution in [2.45, 2.75) is 78.4 Å². The molecule has 152 valence electrons. The zero-order chi connectivity index (χ0) is 20.8. The maximum absolute atomic E-state index is 6.60. The van der Waals surface area contributed by atoms with Gasteiger partial charge in [0.25, 0.3) is 0 Å². The summed E-state index contributed by atoms with van der Waals surface area (Å²) in [6, 6.07) is 12.7. The maximum Gasteiger partial charge on any atom is 0.250 e. The summed E-state index contributed by atoms with van der Waals surface area (Å²) in [7, 11) is -1.89. The van der Waals surface area contributed by atoms with Gasteiger partial charge >= 0.3 is 0 Å². The number of benzene rings is 1. The second kappa shape index (κ2) is 9.55. The van der Waals surface area contributed by atoms with E-state index in [0.29, 0.717) is 0 Å². The number of hydrogen-bond acceptors (Lipinski definition) is 2. The third-order valence-electron chi connectivity index (χ3n) is 5.66. The number of nitrogens with zero attached hydrogens (tertiary/aromatic N) is 1. The average Bonchev–Trinajstić information content (AvgIpc) is 2.65. The predicted octanol–water partition coefficient (Wildman–Crippen LogP) is 8.12. The Kier molecular flexibility index (Phi) is 7.65. The van der Waals surface area contributed by atoms with Crippen LogP contribution in [-0.2, 0) is 0 Å². The van der Waals surface area contributed by atoms with E-state index in [1.54, 1.807) is 0 Å². The minimum Gasteiger partial charge on any atom is -0.543 e. The van der Waals surface area contributed by atoms with E-state index in [0.717, 1.165) is 30.7 Å². The van der Waals surface area contributed by atoms with E-state index in [1.807, 2.05) is 12.3 Å². The lowest BCUT2D eigenvalue weighted by molar-refractivity contribution is 0.492. The summed E-state index contributed by atoms with van der Waals surface area (Å²) in [5.41, 5.74) is 4.89. The molecule has 28 heavy (non-hydrogen) atoms. The van der Waals surface area contributed by atoms with E-state index in [2.05, 4.69) is 89.1 Å². The van der Waals surface area contributed by atoms with Gasteiger partial charge in [-0.25, -0.2) is 0 Å². The van der Waals surface area contributed by atoms with Gasteiger partial charge in [-0.15, -0.1) is 0 Å². The molecule has 2 aromatic rings. The topological polar surface area (TPSA) is 22.1 Å². The largest absolute Gasteiger partial charge is 0.543 e. The Labute approximate surface area is 173 Å². The van der Waals surface area contributed by atoms with Gasteiger partial charge in [0.2, 0.25) is 8.32 Å². The molecule has 0 atom stereocenters. The zero-order valence-electron chi connectivity index (χ0n) is 18.8. The standard InChI is InChI=1S/C25H37NOSi/c1-8-10-14-20(13-9-2)22-17-16-21(27-28(6,7)25(3,4)5)19-23(22)24-15-11-12-18-26-24/h11-12,14-19H,8-10,13H2,1-7H3/b20-14+. The number of unbranched alkanes of at least 4 members (excludes halogenated alkanes) is 1. The van der Waals surface area contributed by atoms with E-state index in [1.165, 1.54) is 23.1 Å². The lowest BCUT2D eigenvalue weighted by Crippen LogP contribution is -2.43. The van der Waals surface area contributed by atoms with Crippen molar-refractivity contribution >= 4 is 13.9 Å². The van der Waals surface area contributed by atoms with E-state index in [4.69, 9.17) is 4.43 Å². The molecule has 3 heteroatoms. The minimum atomic E-state index is -1.89. The first-order valence-electron chi connectivity index (χ1n) is 10.6. The van der Waals surface area contributed by atoms with Gasteiger partial charge in [0.1, 0.15) is 5.75 Å². The Hall–Kier alpha value is -1.87. The summed E-state index contributed by atoms with van der Waals surface area (Å²) in [5.74, 6) is 0.960.